The standard InChI is InChI=1S/C24H25N3O4S2/c1-5-27-21-13-16(2)17(3)14-22(21)32-24(27)25-23(28)18-8-10-20(11-9-18)33(29,30)26(4)15-19-7-6-12-31-19/h6-14H,5,15H2,1-4H3. The SMILES string of the molecule is CCn1c(=NC(=O)c2ccc(S(=O)(=O)N(C)Cc3ccco3)cc2)sc2cc(C)c(C)cc21. The van der Waals surface area contributed by atoms with Gasteiger partial charge in [-0.15, -0.1) is 0 Å². The Hall–Kier alpha value is -3.01. The molecular formula is C24H25N3O4S2. The fraction of sp³-hybridized carbons (Fsp3) is 0.250. The number of hydrogen-bond donors (Lipinski definition) is 0. The number of carbonyl (C=O) groups excluding carboxylic acids is 1. The van der Waals surface area contributed by atoms with Gasteiger partial charge in [0.1, 0.15) is 5.76 Å². The normalized spacial score (nSPS) is 12.7. The lowest BCUT2D eigenvalue weighted by atomic mass is 10.1. The quantitative estimate of drug-likeness (QED) is 0.404. The Morgan fingerprint density at radius 2 is 1.82 bits per heavy atom. The number of thiazole rings is 1. The van der Waals surface area contributed by atoms with E-state index in [-0.39, 0.29) is 11.4 Å². The van der Waals surface area contributed by atoms with Crippen LogP contribution in [0.5, 0.6) is 0 Å². The Morgan fingerprint density at radius 3 is 2.45 bits per heavy atom. The van der Waals surface area contributed by atoms with E-state index in [0.29, 0.717) is 22.7 Å². The molecule has 4 aromatic rings. The summed E-state index contributed by atoms with van der Waals surface area (Å²) in [5.74, 6) is 0.134. The molecule has 0 aliphatic carbocycles. The van der Waals surface area contributed by atoms with E-state index in [1.54, 1.807) is 12.1 Å². The van der Waals surface area contributed by atoms with Crippen LogP contribution in [0.1, 0.15) is 34.2 Å². The predicted molar refractivity (Wildman–Crippen MR) is 129 cm³/mol. The van der Waals surface area contributed by atoms with E-state index >= 15 is 0 Å². The first kappa shape index (κ1) is 23.2. The Balaban J connectivity index is 1.62. The number of rotatable bonds is 6. The van der Waals surface area contributed by atoms with Crippen molar-refractivity contribution >= 4 is 37.5 Å². The van der Waals surface area contributed by atoms with Gasteiger partial charge in [-0.05, 0) is 80.4 Å². The third kappa shape index (κ3) is 4.57. The summed E-state index contributed by atoms with van der Waals surface area (Å²) >= 11 is 1.47. The maximum absolute atomic E-state index is 12.9. The number of aryl methyl sites for hydroxylation is 3. The second kappa shape index (κ2) is 9.09. The molecule has 0 fully saturated rings. The average molecular weight is 484 g/mol. The van der Waals surface area contributed by atoms with Crippen LogP contribution in [0.3, 0.4) is 0 Å². The average Bonchev–Trinajstić information content (AvgIpc) is 3.41. The predicted octanol–water partition coefficient (Wildman–Crippen LogP) is 4.49. The summed E-state index contributed by atoms with van der Waals surface area (Å²) in [4.78, 5) is 17.9. The van der Waals surface area contributed by atoms with Crippen LogP contribution >= 0.6 is 11.3 Å². The Kier molecular flexibility index (Phi) is 6.38. The van der Waals surface area contributed by atoms with Gasteiger partial charge in [0.05, 0.1) is 27.9 Å². The van der Waals surface area contributed by atoms with Crippen LogP contribution in [0.4, 0.5) is 0 Å². The van der Waals surface area contributed by atoms with Gasteiger partial charge >= 0.3 is 0 Å². The summed E-state index contributed by atoms with van der Waals surface area (Å²) in [6, 6.07) is 13.5. The van der Waals surface area contributed by atoms with Crippen LogP contribution in [-0.4, -0.2) is 30.2 Å². The van der Waals surface area contributed by atoms with E-state index in [9.17, 15) is 13.2 Å². The van der Waals surface area contributed by atoms with E-state index in [0.717, 1.165) is 10.2 Å². The maximum atomic E-state index is 12.9. The third-order valence-corrected chi connectivity index (χ3v) is 8.44. The highest BCUT2D eigenvalue weighted by atomic mass is 32.2. The molecule has 0 bridgehead atoms. The number of carbonyl (C=O) groups is 1. The Bertz CT molecular complexity index is 1480. The van der Waals surface area contributed by atoms with Crippen LogP contribution < -0.4 is 4.80 Å². The first-order chi connectivity index (χ1) is 15.7. The molecule has 0 unspecified atom stereocenters. The summed E-state index contributed by atoms with van der Waals surface area (Å²) in [5.41, 5.74) is 3.76. The van der Waals surface area contributed by atoms with Crippen molar-refractivity contribution in [1.82, 2.24) is 8.87 Å². The molecule has 0 saturated carbocycles. The van der Waals surface area contributed by atoms with Gasteiger partial charge in [-0.1, -0.05) is 11.3 Å². The molecule has 9 heteroatoms. The van der Waals surface area contributed by atoms with E-state index < -0.39 is 15.9 Å². The molecule has 0 N–H and O–H groups in total. The van der Waals surface area contributed by atoms with Gasteiger partial charge in [0.15, 0.2) is 4.80 Å². The Labute approximate surface area is 196 Å². The monoisotopic (exact) mass is 483 g/mol. The van der Waals surface area contributed by atoms with Crippen molar-refractivity contribution in [2.24, 2.45) is 4.99 Å². The summed E-state index contributed by atoms with van der Waals surface area (Å²) in [7, 11) is -2.24. The van der Waals surface area contributed by atoms with E-state index in [1.807, 2.05) is 11.5 Å². The molecule has 0 aliphatic heterocycles. The minimum absolute atomic E-state index is 0.101. The molecule has 4 rings (SSSR count). The van der Waals surface area contributed by atoms with Gasteiger partial charge in [-0.3, -0.25) is 4.79 Å². The number of amides is 1. The molecule has 0 spiro atoms. The minimum atomic E-state index is -3.72. The van der Waals surface area contributed by atoms with Crippen molar-refractivity contribution in [1.29, 1.82) is 0 Å². The van der Waals surface area contributed by atoms with Crippen LogP contribution in [0.25, 0.3) is 10.2 Å². The first-order valence-corrected chi connectivity index (χ1v) is 12.7. The zero-order valence-corrected chi connectivity index (χ0v) is 20.5. The molecule has 33 heavy (non-hydrogen) atoms. The highest BCUT2D eigenvalue weighted by molar-refractivity contribution is 7.89. The fourth-order valence-corrected chi connectivity index (χ4v) is 5.83. The van der Waals surface area contributed by atoms with Crippen molar-refractivity contribution in [2.75, 3.05) is 7.05 Å². The van der Waals surface area contributed by atoms with Gasteiger partial charge in [0.25, 0.3) is 5.91 Å². The van der Waals surface area contributed by atoms with Crippen molar-refractivity contribution < 1.29 is 17.6 Å². The highest BCUT2D eigenvalue weighted by Gasteiger charge is 2.22. The molecule has 0 aliphatic rings. The number of furan rings is 1. The zero-order valence-electron chi connectivity index (χ0n) is 18.9. The molecule has 2 aromatic heterocycles. The number of aromatic nitrogens is 1. The molecule has 2 aromatic carbocycles. The summed E-state index contributed by atoms with van der Waals surface area (Å²) in [6.45, 7) is 6.95. The van der Waals surface area contributed by atoms with Gasteiger partial charge in [0.2, 0.25) is 10.0 Å². The lowest BCUT2D eigenvalue weighted by Crippen LogP contribution is -2.26. The smallest absolute Gasteiger partial charge is 0.279 e. The van der Waals surface area contributed by atoms with Crippen LogP contribution in [0.15, 0.2) is 69.1 Å². The second-order valence-corrected chi connectivity index (χ2v) is 10.9. The number of hydrogen-bond acceptors (Lipinski definition) is 5. The van der Waals surface area contributed by atoms with E-state index in [4.69, 9.17) is 4.42 Å². The molecule has 7 nitrogen and oxygen atoms in total. The number of fused-ring (bicyclic) bond motifs is 1. The first-order valence-electron chi connectivity index (χ1n) is 10.5. The molecule has 0 radical (unpaired) electrons. The molecule has 172 valence electrons. The van der Waals surface area contributed by atoms with Crippen molar-refractivity contribution in [3.8, 4) is 0 Å². The molecule has 2 heterocycles. The lowest BCUT2D eigenvalue weighted by Gasteiger charge is -2.16. The van der Waals surface area contributed by atoms with Gasteiger partial charge in [0, 0.05) is 19.2 Å². The summed E-state index contributed by atoms with van der Waals surface area (Å²) in [6.07, 6.45) is 1.50. The van der Waals surface area contributed by atoms with Crippen LogP contribution in [0.2, 0.25) is 0 Å². The van der Waals surface area contributed by atoms with Gasteiger partial charge < -0.3 is 8.98 Å². The molecular weight excluding hydrogens is 458 g/mol. The zero-order chi connectivity index (χ0) is 23.8. The van der Waals surface area contributed by atoms with Crippen molar-refractivity contribution in [2.45, 2.75) is 38.8 Å². The molecule has 0 saturated heterocycles. The van der Waals surface area contributed by atoms with Gasteiger partial charge in [-0.2, -0.15) is 9.30 Å². The largest absolute Gasteiger partial charge is 0.468 e. The number of sulfonamides is 1. The molecule has 1 amide bonds. The number of benzene rings is 2. The topological polar surface area (TPSA) is 84.9 Å². The minimum Gasteiger partial charge on any atom is -0.468 e. The van der Waals surface area contributed by atoms with Crippen LogP contribution in [-0.2, 0) is 23.1 Å². The summed E-state index contributed by atoms with van der Waals surface area (Å²) < 4.78 is 35.2. The Morgan fingerprint density at radius 1 is 1.12 bits per heavy atom. The third-order valence-electron chi connectivity index (χ3n) is 5.58. The fourth-order valence-electron chi connectivity index (χ4n) is 3.52. The van der Waals surface area contributed by atoms with E-state index in [2.05, 4.69) is 31.0 Å². The number of nitrogens with zero attached hydrogens (tertiary/aromatic N) is 3. The maximum Gasteiger partial charge on any atom is 0.279 e. The summed E-state index contributed by atoms with van der Waals surface area (Å²) in [5, 5.41) is 0. The van der Waals surface area contributed by atoms with Gasteiger partial charge in [-0.25, -0.2) is 8.42 Å². The van der Waals surface area contributed by atoms with E-state index in [1.165, 1.54) is 64.3 Å². The van der Waals surface area contributed by atoms with Crippen LogP contribution in [0, 0.1) is 13.8 Å². The van der Waals surface area contributed by atoms with Crippen molar-refractivity contribution in [3.63, 3.8) is 0 Å². The lowest BCUT2D eigenvalue weighted by molar-refractivity contribution is 0.0997. The van der Waals surface area contributed by atoms with Crippen molar-refractivity contribution in [3.05, 3.63) is 82.0 Å². The molecule has 0 atom stereocenters. The highest BCUT2D eigenvalue weighted by Crippen LogP contribution is 2.22. The second-order valence-electron chi connectivity index (χ2n) is 7.81.